The van der Waals surface area contributed by atoms with Crippen LogP contribution in [0.3, 0.4) is 0 Å². The first-order chi connectivity index (χ1) is 30.3. The molecule has 0 aromatic heterocycles. The van der Waals surface area contributed by atoms with E-state index in [1.165, 1.54) is 167 Å². The number of aliphatic hydroxyl groups excluding tert-OH is 5. The number of ether oxygens (including phenoxy) is 2. The van der Waals surface area contributed by atoms with Crippen molar-refractivity contribution in [2.45, 2.75) is 294 Å². The number of aliphatic hydroxyl groups is 5. The van der Waals surface area contributed by atoms with E-state index in [4.69, 9.17) is 9.47 Å². The predicted molar refractivity (Wildman–Crippen MR) is 258 cm³/mol. The summed E-state index contributed by atoms with van der Waals surface area (Å²) in [5.41, 5.74) is 0. The second-order valence-electron chi connectivity index (χ2n) is 18.7. The second kappa shape index (κ2) is 43.6. The van der Waals surface area contributed by atoms with Gasteiger partial charge in [-0.25, -0.2) is 0 Å². The van der Waals surface area contributed by atoms with Gasteiger partial charge >= 0.3 is 0 Å². The smallest absolute Gasteiger partial charge is 0.220 e. The molecule has 366 valence electrons. The van der Waals surface area contributed by atoms with Gasteiger partial charge in [0, 0.05) is 6.42 Å². The van der Waals surface area contributed by atoms with Crippen LogP contribution in [0.25, 0.3) is 0 Å². The summed E-state index contributed by atoms with van der Waals surface area (Å²) in [5, 5.41) is 54.5. The lowest BCUT2D eigenvalue weighted by atomic mass is 9.99. The molecule has 9 heteroatoms. The summed E-state index contributed by atoms with van der Waals surface area (Å²) in [5.74, 6) is -0.154. The molecule has 0 saturated carbocycles. The fourth-order valence-electron chi connectivity index (χ4n) is 8.57. The van der Waals surface area contributed by atoms with Gasteiger partial charge in [-0.3, -0.25) is 4.79 Å². The standard InChI is InChI=1S/C53H101NO8/c1-3-5-7-9-11-13-15-17-19-20-21-22-23-24-25-26-27-29-30-32-34-36-38-40-42-47(56)46(45-61-53-52(60)51(59)50(58)48(44-55)62-53)54-49(57)43-41-39-37-35-33-31-28-18-16-14-12-10-8-6-4-2/h12,14,16,18,46-48,50-53,55-56,58-60H,3-11,13,15,17,19-45H2,1-2H3,(H,54,57)/b14-12-,18-16-. The normalized spacial score (nSPS) is 20.4. The molecule has 1 rings (SSSR count). The third kappa shape index (κ3) is 33.2. The molecular formula is C53H101NO8. The molecule has 1 aliphatic rings. The Morgan fingerprint density at radius 2 is 0.935 bits per heavy atom. The van der Waals surface area contributed by atoms with Crippen LogP contribution in [0.1, 0.15) is 251 Å². The lowest BCUT2D eigenvalue weighted by Crippen LogP contribution is -2.60. The van der Waals surface area contributed by atoms with E-state index in [2.05, 4.69) is 43.5 Å². The first-order valence-electron chi connectivity index (χ1n) is 26.6. The van der Waals surface area contributed by atoms with Gasteiger partial charge in [0.1, 0.15) is 24.4 Å². The topological polar surface area (TPSA) is 149 Å². The number of allylic oxidation sites excluding steroid dienone is 4. The van der Waals surface area contributed by atoms with E-state index in [0.29, 0.717) is 12.8 Å². The summed E-state index contributed by atoms with van der Waals surface area (Å²) in [7, 11) is 0. The van der Waals surface area contributed by atoms with Crippen molar-refractivity contribution >= 4 is 5.91 Å². The first-order valence-corrected chi connectivity index (χ1v) is 26.6. The first kappa shape index (κ1) is 58.7. The van der Waals surface area contributed by atoms with Crippen molar-refractivity contribution in [1.82, 2.24) is 5.32 Å². The van der Waals surface area contributed by atoms with Crippen molar-refractivity contribution in [3.05, 3.63) is 24.3 Å². The zero-order valence-corrected chi connectivity index (χ0v) is 40.4. The van der Waals surface area contributed by atoms with E-state index in [1.54, 1.807) is 0 Å². The molecule has 6 N–H and O–H groups in total. The number of carbonyl (C=O) groups excluding carboxylic acids is 1. The van der Waals surface area contributed by atoms with Gasteiger partial charge in [-0.2, -0.15) is 0 Å². The van der Waals surface area contributed by atoms with E-state index >= 15 is 0 Å². The Balaban J connectivity index is 2.23. The third-order valence-electron chi connectivity index (χ3n) is 12.8. The van der Waals surface area contributed by atoms with Crippen LogP contribution in [-0.4, -0.2) is 87.5 Å². The summed E-state index contributed by atoms with van der Waals surface area (Å²) < 4.78 is 11.3. The number of hydrogen-bond donors (Lipinski definition) is 6. The van der Waals surface area contributed by atoms with Crippen molar-refractivity contribution in [3.63, 3.8) is 0 Å². The SMILES string of the molecule is CCCCC/C=C\C=C/CCCCCCCCC(=O)NC(COC1OC(CO)C(O)C(O)C1O)C(O)CCCCCCCCCCCCCCCCCCCCCCCCCC. The highest BCUT2D eigenvalue weighted by Gasteiger charge is 2.44. The van der Waals surface area contributed by atoms with Crippen molar-refractivity contribution in [1.29, 1.82) is 0 Å². The summed E-state index contributed by atoms with van der Waals surface area (Å²) in [6.45, 7) is 3.82. The van der Waals surface area contributed by atoms with Crippen molar-refractivity contribution < 1.29 is 39.8 Å². The van der Waals surface area contributed by atoms with Gasteiger partial charge in [0.15, 0.2) is 6.29 Å². The maximum absolute atomic E-state index is 13.0. The van der Waals surface area contributed by atoms with Crippen LogP contribution in [0.15, 0.2) is 24.3 Å². The minimum absolute atomic E-state index is 0.141. The quantitative estimate of drug-likeness (QED) is 0.0262. The molecular weight excluding hydrogens is 779 g/mol. The Bertz CT molecular complexity index is 1020. The molecule has 1 fully saturated rings. The van der Waals surface area contributed by atoms with Crippen LogP contribution in [0, 0.1) is 0 Å². The minimum Gasteiger partial charge on any atom is -0.394 e. The lowest BCUT2D eigenvalue weighted by Gasteiger charge is -2.40. The van der Waals surface area contributed by atoms with Crippen LogP contribution < -0.4 is 5.32 Å². The molecule has 0 aliphatic carbocycles. The van der Waals surface area contributed by atoms with E-state index < -0.39 is 49.5 Å². The van der Waals surface area contributed by atoms with Crippen LogP contribution in [-0.2, 0) is 14.3 Å². The lowest BCUT2D eigenvalue weighted by molar-refractivity contribution is -0.302. The maximum Gasteiger partial charge on any atom is 0.220 e. The molecule has 0 aromatic carbocycles. The minimum atomic E-state index is -1.55. The average Bonchev–Trinajstić information content (AvgIpc) is 3.27. The molecule has 1 aliphatic heterocycles. The molecule has 0 aromatic rings. The molecule has 1 amide bonds. The van der Waals surface area contributed by atoms with E-state index in [1.807, 2.05) is 0 Å². The zero-order valence-electron chi connectivity index (χ0n) is 40.4. The Labute approximate surface area is 381 Å². The fourth-order valence-corrected chi connectivity index (χ4v) is 8.57. The van der Waals surface area contributed by atoms with Crippen molar-refractivity contribution in [3.8, 4) is 0 Å². The molecule has 9 nitrogen and oxygen atoms in total. The zero-order chi connectivity index (χ0) is 45.1. The number of hydrogen-bond acceptors (Lipinski definition) is 8. The highest BCUT2D eigenvalue weighted by atomic mass is 16.7. The Morgan fingerprint density at radius 3 is 1.39 bits per heavy atom. The summed E-state index contributed by atoms with van der Waals surface area (Å²) in [6, 6.07) is -0.723. The average molecular weight is 880 g/mol. The molecule has 1 saturated heterocycles. The van der Waals surface area contributed by atoms with Gasteiger partial charge in [-0.05, 0) is 38.5 Å². The Hall–Kier alpha value is -1.33. The fraction of sp³-hybridized carbons (Fsp3) is 0.906. The van der Waals surface area contributed by atoms with E-state index in [-0.39, 0.29) is 12.5 Å². The van der Waals surface area contributed by atoms with E-state index in [0.717, 1.165) is 57.8 Å². The van der Waals surface area contributed by atoms with Gasteiger partial charge in [0.05, 0.1) is 25.4 Å². The molecule has 7 atom stereocenters. The van der Waals surface area contributed by atoms with E-state index in [9.17, 15) is 30.3 Å². The Kier molecular flexibility index (Phi) is 41.2. The molecule has 62 heavy (non-hydrogen) atoms. The summed E-state index contributed by atoms with van der Waals surface area (Å²) >= 11 is 0. The van der Waals surface area contributed by atoms with Crippen LogP contribution >= 0.6 is 0 Å². The highest BCUT2D eigenvalue weighted by Crippen LogP contribution is 2.23. The number of nitrogens with one attached hydrogen (secondary N) is 1. The number of carbonyl (C=O) groups is 1. The number of unbranched alkanes of at least 4 members (excludes halogenated alkanes) is 32. The maximum atomic E-state index is 13.0. The summed E-state index contributed by atoms with van der Waals surface area (Å²) in [6.07, 6.45) is 46.2. The van der Waals surface area contributed by atoms with Crippen LogP contribution in [0.4, 0.5) is 0 Å². The molecule has 0 bridgehead atoms. The van der Waals surface area contributed by atoms with Crippen LogP contribution in [0.5, 0.6) is 0 Å². The Morgan fingerprint density at radius 1 is 0.548 bits per heavy atom. The van der Waals surface area contributed by atoms with Gasteiger partial charge in [0.2, 0.25) is 5.91 Å². The monoisotopic (exact) mass is 880 g/mol. The largest absolute Gasteiger partial charge is 0.394 e. The molecule has 0 spiro atoms. The van der Waals surface area contributed by atoms with Gasteiger partial charge in [-0.15, -0.1) is 0 Å². The van der Waals surface area contributed by atoms with Gasteiger partial charge in [0.25, 0.3) is 0 Å². The number of rotatable bonds is 45. The molecule has 7 unspecified atom stereocenters. The highest BCUT2D eigenvalue weighted by molar-refractivity contribution is 5.76. The molecule has 1 heterocycles. The number of amides is 1. The second-order valence-corrected chi connectivity index (χ2v) is 18.7. The van der Waals surface area contributed by atoms with Crippen molar-refractivity contribution in [2.75, 3.05) is 13.2 Å². The van der Waals surface area contributed by atoms with Crippen molar-refractivity contribution in [2.24, 2.45) is 0 Å². The summed E-state index contributed by atoms with van der Waals surface area (Å²) in [4.78, 5) is 13.0. The van der Waals surface area contributed by atoms with Crippen LogP contribution in [0.2, 0.25) is 0 Å². The third-order valence-corrected chi connectivity index (χ3v) is 12.8. The molecule has 0 radical (unpaired) electrons. The van der Waals surface area contributed by atoms with Gasteiger partial charge in [-0.1, -0.05) is 231 Å². The van der Waals surface area contributed by atoms with Gasteiger partial charge < -0.3 is 40.3 Å². The predicted octanol–water partition coefficient (Wildman–Crippen LogP) is 12.2.